The third-order valence-corrected chi connectivity index (χ3v) is 5.77. The predicted octanol–water partition coefficient (Wildman–Crippen LogP) is 3.05. The number of carbonyl (C=O) groups excluding carboxylic acids is 1. The zero-order valence-electron chi connectivity index (χ0n) is 15.1. The van der Waals surface area contributed by atoms with E-state index in [1.165, 1.54) is 0 Å². The van der Waals surface area contributed by atoms with Crippen LogP contribution in [0, 0.1) is 0 Å². The minimum Gasteiger partial charge on any atom is -0.506 e. The lowest BCUT2D eigenvalue weighted by Gasteiger charge is -2.30. The van der Waals surface area contributed by atoms with Crippen molar-refractivity contribution in [2.75, 3.05) is 19.7 Å². The van der Waals surface area contributed by atoms with Crippen molar-refractivity contribution in [1.82, 2.24) is 9.80 Å². The molecule has 2 aliphatic heterocycles. The minimum atomic E-state index is -0.00348. The molecular weight excluding hydrogens is 364 g/mol. The van der Waals surface area contributed by atoms with Gasteiger partial charge in [0.25, 0.3) is 0 Å². The van der Waals surface area contributed by atoms with Gasteiger partial charge in [-0.25, -0.2) is 0 Å². The Kier molecular flexibility index (Phi) is 5.34. The van der Waals surface area contributed by atoms with Crippen molar-refractivity contribution in [2.24, 2.45) is 0 Å². The van der Waals surface area contributed by atoms with Gasteiger partial charge in [-0.15, -0.1) is 0 Å². The van der Waals surface area contributed by atoms with Crippen LogP contribution >= 0.6 is 11.6 Å². The summed E-state index contributed by atoms with van der Waals surface area (Å²) in [6, 6.07) is 15.4. The van der Waals surface area contributed by atoms with E-state index < -0.39 is 0 Å². The standard InChI is InChI=1S/C21H23ClN2O3/c22-21-16(7-4-8-18(21)25)12-23-13-17-19(14-23)27-10-9-20(26)24(17)11-15-5-2-1-3-6-15/h1-8,17,19,25H,9-14H2/t17-,19-/m0/s1. The maximum atomic E-state index is 12.7. The van der Waals surface area contributed by atoms with Gasteiger partial charge < -0.3 is 14.7 Å². The molecule has 0 aliphatic carbocycles. The average Bonchev–Trinajstić information content (AvgIpc) is 3.00. The number of phenols is 1. The Balaban J connectivity index is 1.51. The van der Waals surface area contributed by atoms with Gasteiger partial charge in [-0.1, -0.05) is 54.1 Å². The molecule has 142 valence electrons. The highest BCUT2D eigenvalue weighted by molar-refractivity contribution is 6.32. The molecule has 4 rings (SSSR count). The fourth-order valence-corrected chi connectivity index (χ4v) is 4.15. The summed E-state index contributed by atoms with van der Waals surface area (Å²) in [6.07, 6.45) is 0.425. The van der Waals surface area contributed by atoms with Gasteiger partial charge in [-0.05, 0) is 17.2 Å². The molecule has 6 heteroatoms. The Bertz CT molecular complexity index is 814. The second kappa shape index (κ2) is 7.89. The second-order valence-corrected chi connectivity index (χ2v) is 7.56. The van der Waals surface area contributed by atoms with Gasteiger partial charge in [-0.2, -0.15) is 0 Å². The van der Waals surface area contributed by atoms with Gasteiger partial charge in [0, 0.05) is 26.2 Å². The molecule has 2 heterocycles. The molecule has 1 amide bonds. The number of likely N-dealkylation sites (tertiary alicyclic amines) is 1. The van der Waals surface area contributed by atoms with E-state index in [0.717, 1.165) is 24.2 Å². The van der Waals surface area contributed by atoms with Crippen LogP contribution in [0.1, 0.15) is 17.5 Å². The topological polar surface area (TPSA) is 53.0 Å². The van der Waals surface area contributed by atoms with Crippen molar-refractivity contribution < 1.29 is 14.6 Å². The second-order valence-electron chi connectivity index (χ2n) is 7.18. The molecule has 2 aromatic rings. The number of rotatable bonds is 4. The fraction of sp³-hybridized carbons (Fsp3) is 0.381. The molecule has 5 nitrogen and oxygen atoms in total. The zero-order valence-corrected chi connectivity index (χ0v) is 15.8. The molecule has 0 unspecified atom stereocenters. The lowest BCUT2D eigenvalue weighted by Crippen LogP contribution is -2.45. The summed E-state index contributed by atoms with van der Waals surface area (Å²) >= 11 is 6.24. The van der Waals surface area contributed by atoms with Crippen LogP contribution in [0.15, 0.2) is 48.5 Å². The number of fused-ring (bicyclic) bond motifs is 1. The molecule has 0 aromatic heterocycles. The first kappa shape index (κ1) is 18.3. The smallest absolute Gasteiger partial charge is 0.225 e. The first-order valence-electron chi connectivity index (χ1n) is 9.25. The van der Waals surface area contributed by atoms with Crippen LogP contribution in [0.2, 0.25) is 5.02 Å². The lowest BCUT2D eigenvalue weighted by atomic mass is 10.1. The van der Waals surface area contributed by atoms with Crippen LogP contribution in [-0.2, 0) is 22.6 Å². The highest BCUT2D eigenvalue weighted by Crippen LogP contribution is 2.30. The molecule has 0 spiro atoms. The van der Waals surface area contributed by atoms with Gasteiger partial charge >= 0.3 is 0 Å². The summed E-state index contributed by atoms with van der Waals surface area (Å²) in [5, 5.41) is 10.2. The van der Waals surface area contributed by atoms with E-state index in [1.807, 2.05) is 41.3 Å². The van der Waals surface area contributed by atoms with Crippen LogP contribution in [-0.4, -0.2) is 52.7 Å². The molecule has 2 saturated heterocycles. The number of aromatic hydroxyl groups is 1. The first-order valence-corrected chi connectivity index (χ1v) is 9.63. The number of carbonyl (C=O) groups is 1. The third kappa shape index (κ3) is 3.95. The Morgan fingerprint density at radius 1 is 1.07 bits per heavy atom. The van der Waals surface area contributed by atoms with E-state index in [4.69, 9.17) is 16.3 Å². The number of ether oxygens (including phenoxy) is 1. The molecule has 27 heavy (non-hydrogen) atoms. The summed E-state index contributed by atoms with van der Waals surface area (Å²) < 4.78 is 6.00. The van der Waals surface area contributed by atoms with Crippen LogP contribution < -0.4 is 0 Å². The first-order chi connectivity index (χ1) is 13.1. The van der Waals surface area contributed by atoms with Crippen molar-refractivity contribution in [1.29, 1.82) is 0 Å². The van der Waals surface area contributed by atoms with E-state index in [9.17, 15) is 9.90 Å². The van der Waals surface area contributed by atoms with Gasteiger partial charge in [0.15, 0.2) is 0 Å². The number of amides is 1. The quantitative estimate of drug-likeness (QED) is 0.877. The maximum absolute atomic E-state index is 12.7. The number of benzene rings is 2. The summed E-state index contributed by atoms with van der Waals surface area (Å²) in [5.41, 5.74) is 2.01. The Labute approximate surface area is 164 Å². The van der Waals surface area contributed by atoms with E-state index in [2.05, 4.69) is 4.90 Å². The monoisotopic (exact) mass is 386 g/mol. The van der Waals surface area contributed by atoms with E-state index in [1.54, 1.807) is 12.1 Å². The van der Waals surface area contributed by atoms with Crippen LogP contribution in [0.3, 0.4) is 0 Å². The molecule has 0 radical (unpaired) electrons. The molecular formula is C21H23ClN2O3. The molecule has 2 atom stereocenters. The van der Waals surface area contributed by atoms with Crippen molar-refractivity contribution >= 4 is 17.5 Å². The average molecular weight is 387 g/mol. The lowest BCUT2D eigenvalue weighted by molar-refractivity contribution is -0.133. The summed E-state index contributed by atoms with van der Waals surface area (Å²) in [5.74, 6) is 0.239. The fourth-order valence-electron chi connectivity index (χ4n) is 3.97. The molecule has 0 saturated carbocycles. The number of hydrogen-bond acceptors (Lipinski definition) is 4. The minimum absolute atomic E-state index is 0.00348. The van der Waals surface area contributed by atoms with Gasteiger partial charge in [-0.3, -0.25) is 9.69 Å². The number of hydrogen-bond donors (Lipinski definition) is 1. The van der Waals surface area contributed by atoms with Crippen molar-refractivity contribution in [3.05, 3.63) is 64.7 Å². The summed E-state index contributed by atoms with van der Waals surface area (Å²) in [4.78, 5) is 16.9. The van der Waals surface area contributed by atoms with Crippen LogP contribution in [0.5, 0.6) is 5.75 Å². The molecule has 1 N–H and O–H groups in total. The number of phenolic OH excluding ortho intramolecular Hbond substituents is 1. The van der Waals surface area contributed by atoms with Gasteiger partial charge in [0.1, 0.15) is 5.75 Å². The number of nitrogens with zero attached hydrogens (tertiary/aromatic N) is 2. The predicted molar refractivity (Wildman–Crippen MR) is 104 cm³/mol. The largest absolute Gasteiger partial charge is 0.506 e. The van der Waals surface area contributed by atoms with Crippen molar-refractivity contribution in [3.8, 4) is 5.75 Å². The SMILES string of the molecule is O=C1CCO[C@H]2CN(Cc3cccc(O)c3Cl)C[C@@H]2N1Cc1ccccc1. The van der Waals surface area contributed by atoms with E-state index in [-0.39, 0.29) is 23.8 Å². The van der Waals surface area contributed by atoms with Crippen molar-refractivity contribution in [3.63, 3.8) is 0 Å². The zero-order chi connectivity index (χ0) is 18.8. The number of halogens is 1. The van der Waals surface area contributed by atoms with Gasteiger partial charge in [0.2, 0.25) is 5.91 Å². The highest BCUT2D eigenvalue weighted by atomic mass is 35.5. The van der Waals surface area contributed by atoms with E-state index >= 15 is 0 Å². The molecule has 2 aliphatic rings. The highest BCUT2D eigenvalue weighted by Gasteiger charge is 2.41. The van der Waals surface area contributed by atoms with Crippen LogP contribution in [0.25, 0.3) is 0 Å². The molecule has 2 fully saturated rings. The molecule has 2 aromatic carbocycles. The Morgan fingerprint density at radius 3 is 2.70 bits per heavy atom. The normalized spacial score (nSPS) is 23.3. The Hall–Kier alpha value is -2.08. The summed E-state index contributed by atoms with van der Waals surface area (Å²) in [6.45, 7) is 3.17. The van der Waals surface area contributed by atoms with E-state index in [0.29, 0.717) is 31.1 Å². The Morgan fingerprint density at radius 2 is 1.89 bits per heavy atom. The summed E-state index contributed by atoms with van der Waals surface area (Å²) in [7, 11) is 0. The van der Waals surface area contributed by atoms with Gasteiger partial charge in [0.05, 0.1) is 30.2 Å². The molecule has 0 bridgehead atoms. The third-order valence-electron chi connectivity index (χ3n) is 5.33. The maximum Gasteiger partial charge on any atom is 0.225 e. The van der Waals surface area contributed by atoms with Crippen LogP contribution in [0.4, 0.5) is 0 Å². The van der Waals surface area contributed by atoms with Crippen molar-refractivity contribution in [2.45, 2.75) is 31.7 Å².